The first-order valence-corrected chi connectivity index (χ1v) is 5.02. The topological polar surface area (TPSA) is 43.0 Å². The van der Waals surface area contributed by atoms with E-state index >= 15 is 0 Å². The molecule has 4 nitrogen and oxygen atoms in total. The van der Waals surface area contributed by atoms with Gasteiger partial charge in [0.1, 0.15) is 0 Å². The highest BCUT2D eigenvalue weighted by Gasteiger charge is 2.00. The Morgan fingerprint density at radius 2 is 2.33 bits per heavy atom. The Bertz CT molecular complexity index is 430. The molecule has 0 saturated carbocycles. The molecule has 0 saturated heterocycles. The van der Waals surface area contributed by atoms with E-state index in [9.17, 15) is 0 Å². The Morgan fingerprint density at radius 1 is 1.47 bits per heavy atom. The van der Waals surface area contributed by atoms with Gasteiger partial charge in [-0.1, -0.05) is 0 Å². The fourth-order valence-electron chi connectivity index (χ4n) is 1.66. The molecule has 0 bridgehead atoms. The van der Waals surface area contributed by atoms with Gasteiger partial charge in [-0.05, 0) is 24.1 Å². The van der Waals surface area contributed by atoms with Crippen LogP contribution in [0.2, 0.25) is 0 Å². The van der Waals surface area contributed by atoms with Crippen LogP contribution in [0.4, 0.5) is 0 Å². The summed E-state index contributed by atoms with van der Waals surface area (Å²) >= 11 is 0. The molecule has 0 atom stereocenters. The summed E-state index contributed by atoms with van der Waals surface area (Å²) in [6, 6.07) is 3.89. The monoisotopic (exact) mass is 205 g/mol. The lowest BCUT2D eigenvalue weighted by atomic mass is 10.2. The summed E-state index contributed by atoms with van der Waals surface area (Å²) in [6.07, 6.45) is 6.82. The van der Waals surface area contributed by atoms with Gasteiger partial charge in [-0.25, -0.2) is 0 Å². The molecule has 0 amide bonds. The number of nitrogens with zero attached hydrogens (tertiary/aromatic N) is 3. The lowest BCUT2D eigenvalue weighted by Gasteiger charge is -2.05. The molecule has 1 N–H and O–H groups in total. The molecule has 0 unspecified atom stereocenters. The third-order valence-electron chi connectivity index (χ3n) is 2.49. The van der Waals surface area contributed by atoms with Crippen molar-refractivity contribution in [1.29, 1.82) is 0 Å². The molecule has 0 spiro atoms. The molecular formula is C11H15N3O. The molecule has 15 heavy (non-hydrogen) atoms. The van der Waals surface area contributed by atoms with E-state index in [1.54, 1.807) is 4.68 Å². The quantitative estimate of drug-likeness (QED) is 0.807. The zero-order valence-electron chi connectivity index (χ0n) is 8.80. The first-order valence-electron chi connectivity index (χ1n) is 5.02. The number of hydrogen-bond acceptors (Lipinski definition) is 2. The molecule has 0 aliphatic rings. The summed E-state index contributed by atoms with van der Waals surface area (Å²) in [6.45, 7) is 0.981. The van der Waals surface area contributed by atoms with E-state index in [-0.39, 0.29) is 6.61 Å². The van der Waals surface area contributed by atoms with Crippen molar-refractivity contribution >= 4 is 0 Å². The largest absolute Gasteiger partial charge is 0.390 e. The number of aryl methyl sites for hydroxylation is 3. The van der Waals surface area contributed by atoms with E-state index in [1.165, 1.54) is 5.56 Å². The molecule has 0 aliphatic heterocycles. The van der Waals surface area contributed by atoms with Crippen molar-refractivity contribution in [3.8, 4) is 0 Å². The number of aromatic nitrogens is 3. The van der Waals surface area contributed by atoms with Crippen molar-refractivity contribution < 1.29 is 5.11 Å². The van der Waals surface area contributed by atoms with Gasteiger partial charge in [0.05, 0.1) is 12.8 Å². The van der Waals surface area contributed by atoms with E-state index in [4.69, 9.17) is 5.11 Å². The summed E-state index contributed by atoms with van der Waals surface area (Å²) in [5.74, 6) is 0. The predicted molar refractivity (Wildman–Crippen MR) is 57.3 cm³/mol. The van der Waals surface area contributed by atoms with Crippen LogP contribution in [0.3, 0.4) is 0 Å². The molecule has 2 aromatic heterocycles. The van der Waals surface area contributed by atoms with Crippen LogP contribution in [0.15, 0.2) is 30.7 Å². The Kier molecular flexibility index (Phi) is 2.87. The van der Waals surface area contributed by atoms with Crippen LogP contribution in [0.5, 0.6) is 0 Å². The first-order chi connectivity index (χ1) is 7.29. The van der Waals surface area contributed by atoms with Crippen molar-refractivity contribution in [3.05, 3.63) is 42.0 Å². The average molecular weight is 205 g/mol. The van der Waals surface area contributed by atoms with Crippen molar-refractivity contribution in [1.82, 2.24) is 14.3 Å². The highest BCUT2D eigenvalue weighted by Crippen LogP contribution is 2.05. The van der Waals surface area contributed by atoms with E-state index in [2.05, 4.69) is 9.67 Å². The van der Waals surface area contributed by atoms with Gasteiger partial charge >= 0.3 is 0 Å². The van der Waals surface area contributed by atoms with Crippen LogP contribution in [-0.4, -0.2) is 19.5 Å². The Balaban J connectivity index is 1.98. The van der Waals surface area contributed by atoms with Crippen molar-refractivity contribution in [2.45, 2.75) is 19.6 Å². The van der Waals surface area contributed by atoms with Crippen LogP contribution in [-0.2, 0) is 26.6 Å². The molecule has 0 fully saturated rings. The molecule has 2 rings (SSSR count). The van der Waals surface area contributed by atoms with Crippen molar-refractivity contribution in [3.63, 3.8) is 0 Å². The number of aliphatic hydroxyl groups is 1. The van der Waals surface area contributed by atoms with E-state index in [0.717, 1.165) is 18.7 Å². The van der Waals surface area contributed by atoms with Gasteiger partial charge in [-0.15, -0.1) is 0 Å². The normalized spacial score (nSPS) is 10.8. The molecule has 2 heterocycles. The van der Waals surface area contributed by atoms with Gasteiger partial charge in [-0.2, -0.15) is 5.10 Å². The van der Waals surface area contributed by atoms with E-state index in [1.807, 2.05) is 37.8 Å². The average Bonchev–Trinajstić information content (AvgIpc) is 2.83. The molecular weight excluding hydrogens is 190 g/mol. The van der Waals surface area contributed by atoms with Crippen molar-refractivity contribution in [2.24, 2.45) is 7.05 Å². The first kappa shape index (κ1) is 9.98. The number of hydrogen-bond donors (Lipinski definition) is 1. The van der Waals surface area contributed by atoms with Crippen LogP contribution in [0, 0.1) is 0 Å². The van der Waals surface area contributed by atoms with Crippen LogP contribution in [0.1, 0.15) is 11.3 Å². The summed E-state index contributed by atoms with van der Waals surface area (Å²) < 4.78 is 3.87. The lowest BCUT2D eigenvalue weighted by Crippen LogP contribution is -2.03. The maximum Gasteiger partial charge on any atom is 0.0832 e. The molecule has 0 radical (unpaired) electrons. The Hall–Kier alpha value is -1.55. The molecule has 0 aromatic carbocycles. The van der Waals surface area contributed by atoms with E-state index < -0.39 is 0 Å². The fourth-order valence-corrected chi connectivity index (χ4v) is 1.66. The minimum Gasteiger partial charge on any atom is -0.390 e. The smallest absolute Gasteiger partial charge is 0.0832 e. The summed E-state index contributed by atoms with van der Waals surface area (Å²) in [5.41, 5.74) is 2.17. The van der Waals surface area contributed by atoms with Gasteiger partial charge < -0.3 is 9.67 Å². The van der Waals surface area contributed by atoms with Crippen molar-refractivity contribution in [2.75, 3.05) is 0 Å². The molecule has 0 aliphatic carbocycles. The maximum atomic E-state index is 9.07. The zero-order chi connectivity index (χ0) is 10.7. The number of rotatable bonds is 4. The van der Waals surface area contributed by atoms with Crippen LogP contribution >= 0.6 is 0 Å². The van der Waals surface area contributed by atoms with Gasteiger partial charge in [0, 0.05) is 31.7 Å². The van der Waals surface area contributed by atoms with Gasteiger partial charge in [0.15, 0.2) is 0 Å². The van der Waals surface area contributed by atoms with Gasteiger partial charge in [-0.3, -0.25) is 4.68 Å². The predicted octanol–water partition coefficient (Wildman–Crippen LogP) is 0.957. The molecule has 80 valence electrons. The third-order valence-corrected chi connectivity index (χ3v) is 2.49. The minimum absolute atomic E-state index is 0.0973. The third kappa shape index (κ3) is 2.27. The molecule has 2 aromatic rings. The highest BCUT2D eigenvalue weighted by atomic mass is 16.3. The van der Waals surface area contributed by atoms with Crippen LogP contribution in [0.25, 0.3) is 0 Å². The summed E-state index contributed by atoms with van der Waals surface area (Å²) in [4.78, 5) is 0. The zero-order valence-corrected chi connectivity index (χ0v) is 8.80. The Morgan fingerprint density at radius 3 is 3.00 bits per heavy atom. The molecule has 4 heteroatoms. The maximum absolute atomic E-state index is 9.07. The van der Waals surface area contributed by atoms with Gasteiger partial charge in [0.25, 0.3) is 0 Å². The van der Waals surface area contributed by atoms with Gasteiger partial charge in [0.2, 0.25) is 0 Å². The second-order valence-electron chi connectivity index (χ2n) is 3.62. The second-order valence-corrected chi connectivity index (χ2v) is 3.62. The summed E-state index contributed by atoms with van der Waals surface area (Å²) in [7, 11) is 1.91. The summed E-state index contributed by atoms with van der Waals surface area (Å²) in [5, 5.41) is 13.2. The highest BCUT2D eigenvalue weighted by molar-refractivity contribution is 5.08. The Labute approximate surface area is 88.8 Å². The lowest BCUT2D eigenvalue weighted by molar-refractivity contribution is 0.270. The minimum atomic E-state index is 0.0973. The standard InChI is InChI=1S/C11H15N3O/c1-13-8-10(7-12-13)4-6-14-5-2-3-11(14)9-15/h2-3,5,7-8,15H,4,6,9H2,1H3. The second kappa shape index (κ2) is 4.31. The number of aliphatic hydroxyl groups excluding tert-OH is 1. The fraction of sp³-hybridized carbons (Fsp3) is 0.364. The van der Waals surface area contributed by atoms with E-state index in [0.29, 0.717) is 0 Å². The SMILES string of the molecule is Cn1cc(CCn2cccc2CO)cn1. The van der Waals surface area contributed by atoms with Crippen LogP contribution < -0.4 is 0 Å².